The van der Waals surface area contributed by atoms with Crippen LogP contribution in [0.3, 0.4) is 0 Å². The second-order valence-corrected chi connectivity index (χ2v) is 19.5. The van der Waals surface area contributed by atoms with Gasteiger partial charge in [-0.15, -0.1) is 0 Å². The number of unbranched alkanes of at least 4 members (excludes halogenated alkanes) is 35. The first-order chi connectivity index (χ1) is 30.6. The molecule has 0 saturated carbocycles. The van der Waals surface area contributed by atoms with E-state index >= 15 is 0 Å². The van der Waals surface area contributed by atoms with Crippen molar-refractivity contribution >= 4 is 18.5 Å². The van der Waals surface area contributed by atoms with E-state index in [-0.39, 0.29) is 6.61 Å². The summed E-state index contributed by atoms with van der Waals surface area (Å²) in [4.78, 5) is 30.4. The normalized spacial score (nSPS) is 10.6. The second-order valence-electron chi connectivity index (χ2n) is 19.5. The van der Waals surface area contributed by atoms with Gasteiger partial charge in [-0.1, -0.05) is 286 Å². The van der Waals surface area contributed by atoms with E-state index in [2.05, 4.69) is 41.5 Å². The number of carboxylic acid groups (broad SMARTS) is 1. The van der Waals surface area contributed by atoms with Crippen LogP contribution >= 0.6 is 0 Å². The zero-order valence-electron chi connectivity index (χ0n) is 43.7. The summed E-state index contributed by atoms with van der Waals surface area (Å²) in [6.07, 6.45) is 57.9. The molecule has 0 atom stereocenters. The molecule has 0 aromatic rings. The van der Waals surface area contributed by atoms with Crippen LogP contribution in [0.4, 0.5) is 0 Å². The zero-order valence-corrected chi connectivity index (χ0v) is 45.2. The molecular formula is C56H112O6Ti. The molecule has 0 bridgehead atoms. The van der Waals surface area contributed by atoms with Crippen LogP contribution in [-0.2, 0) is 38.1 Å². The number of hydrogen-bond donors (Lipinski definition) is 2. The Labute approximate surface area is 407 Å². The van der Waals surface area contributed by atoms with Crippen LogP contribution in [0, 0.1) is 17.8 Å². The van der Waals surface area contributed by atoms with Gasteiger partial charge in [0.15, 0.2) is 0 Å². The minimum absolute atomic E-state index is 0.250. The van der Waals surface area contributed by atoms with Gasteiger partial charge < -0.3 is 19.8 Å². The zero-order chi connectivity index (χ0) is 48.1. The summed E-state index contributed by atoms with van der Waals surface area (Å²) in [6, 6.07) is 0. The summed E-state index contributed by atoms with van der Waals surface area (Å²) in [5.74, 6) is 1.97. The molecule has 0 spiro atoms. The van der Waals surface area contributed by atoms with Crippen LogP contribution < -0.4 is 0 Å². The van der Waals surface area contributed by atoms with E-state index in [1.54, 1.807) is 6.92 Å². The fraction of sp³-hybridized carbons (Fsp3) is 0.946. The fourth-order valence-corrected chi connectivity index (χ4v) is 7.63. The molecule has 0 unspecified atom stereocenters. The van der Waals surface area contributed by atoms with Crippen molar-refractivity contribution in [2.75, 3.05) is 6.61 Å². The Kier molecular flexibility index (Phi) is 79.6. The van der Waals surface area contributed by atoms with Crippen LogP contribution in [0.1, 0.15) is 318 Å². The van der Waals surface area contributed by atoms with E-state index in [1.165, 1.54) is 225 Å². The molecule has 376 valence electrons. The number of aliphatic carboxylic acids is 1. The fourth-order valence-electron chi connectivity index (χ4n) is 7.63. The SMILES string of the molecule is CC(C)CCCCCCCCCCCCCCC(=O)O.CC(C)CCCCCCCCCCCCCC[C-]=O.CC(C)CCCCCCCCCCCCCC[C-]=O.CCO.[O]=[Ti+2]. The van der Waals surface area contributed by atoms with Gasteiger partial charge in [0.25, 0.3) is 0 Å². The summed E-state index contributed by atoms with van der Waals surface area (Å²) in [6.45, 7) is 15.8. The minimum atomic E-state index is -0.654. The monoisotopic (exact) mass is 929 g/mol. The molecule has 0 radical (unpaired) electrons. The number of carbonyl (C=O) groups excluding carboxylic acids is 2. The molecule has 0 aromatic carbocycles. The Balaban J connectivity index is -0.000000253. The molecule has 0 aromatic heterocycles. The molecule has 0 aliphatic rings. The molecular weight excluding hydrogens is 816 g/mol. The molecule has 6 nitrogen and oxygen atoms in total. The number of hydrogen-bond acceptors (Lipinski definition) is 5. The topological polar surface area (TPSA) is 109 Å². The van der Waals surface area contributed by atoms with E-state index in [0.717, 1.165) is 63.8 Å². The van der Waals surface area contributed by atoms with Crippen molar-refractivity contribution in [3.8, 4) is 0 Å². The standard InChI is InChI=1S/C18H36O2.2C18H35O.C2H6O.O.Ti/c1-17(2)15-13-11-9-7-5-3-4-6-8-10-12-14-16-18(19)20;2*1-18(2)16-14-12-10-8-6-4-3-5-7-9-11-13-15-17-19;1-2-3;;/h17H,3-16H2,1-2H3,(H,19,20);2*18H,3-16H2,1-2H3;3H,2H2,1H3;;/q;2*-1;;;+2. The molecule has 7 heteroatoms. The summed E-state index contributed by atoms with van der Waals surface area (Å²) >= 11 is 0.750. The van der Waals surface area contributed by atoms with Crippen molar-refractivity contribution in [2.45, 2.75) is 318 Å². The Morgan fingerprint density at radius 1 is 0.365 bits per heavy atom. The number of rotatable bonds is 45. The van der Waals surface area contributed by atoms with Crippen molar-refractivity contribution in [1.82, 2.24) is 0 Å². The molecule has 0 saturated heterocycles. The molecule has 0 heterocycles. The number of aliphatic hydroxyl groups excluding tert-OH is 1. The quantitative estimate of drug-likeness (QED) is 0.0358. The summed E-state index contributed by atoms with van der Waals surface area (Å²) in [5.41, 5.74) is 0. The Morgan fingerprint density at radius 2 is 0.524 bits per heavy atom. The molecule has 0 aliphatic heterocycles. The van der Waals surface area contributed by atoms with Gasteiger partial charge in [-0.2, -0.15) is 12.8 Å². The van der Waals surface area contributed by atoms with E-state index < -0.39 is 5.97 Å². The maximum absolute atomic E-state index is 10.3. The summed E-state index contributed by atoms with van der Waals surface area (Å²) in [5, 5.41) is 16.1. The number of carbonyl (C=O) groups is 1. The van der Waals surface area contributed by atoms with Gasteiger partial charge in [0.1, 0.15) is 0 Å². The Morgan fingerprint density at radius 3 is 0.683 bits per heavy atom. The third-order valence-electron chi connectivity index (χ3n) is 11.5. The second kappa shape index (κ2) is 70.3. The number of aliphatic hydroxyl groups is 1. The first kappa shape index (κ1) is 71.3. The Bertz CT molecular complexity index is 765. The van der Waals surface area contributed by atoms with Crippen molar-refractivity contribution in [1.29, 1.82) is 0 Å². The van der Waals surface area contributed by atoms with Gasteiger partial charge in [0.2, 0.25) is 0 Å². The van der Waals surface area contributed by atoms with Gasteiger partial charge in [-0.05, 0) is 31.1 Å². The summed E-state index contributed by atoms with van der Waals surface area (Å²) < 4.78 is 8.25. The molecule has 0 rings (SSSR count). The van der Waals surface area contributed by atoms with Gasteiger partial charge in [0, 0.05) is 13.0 Å². The maximum atomic E-state index is 10.3. The van der Waals surface area contributed by atoms with Crippen molar-refractivity contribution in [2.24, 2.45) is 17.8 Å². The van der Waals surface area contributed by atoms with Crippen LogP contribution in [0.15, 0.2) is 0 Å². The van der Waals surface area contributed by atoms with E-state index in [1.807, 2.05) is 12.6 Å². The van der Waals surface area contributed by atoms with Gasteiger partial charge >= 0.3 is 29.7 Å². The van der Waals surface area contributed by atoms with Crippen LogP contribution in [0.5, 0.6) is 0 Å². The Hall–Kier alpha value is -0.716. The van der Waals surface area contributed by atoms with Gasteiger partial charge in [0.05, 0.1) is 0 Å². The van der Waals surface area contributed by atoms with Gasteiger partial charge in [-0.3, -0.25) is 17.4 Å². The predicted molar refractivity (Wildman–Crippen MR) is 271 cm³/mol. The molecule has 63 heavy (non-hydrogen) atoms. The average molecular weight is 929 g/mol. The van der Waals surface area contributed by atoms with E-state index in [9.17, 15) is 14.4 Å². The molecule has 0 fully saturated rings. The third-order valence-corrected chi connectivity index (χ3v) is 11.5. The molecule has 0 aliphatic carbocycles. The first-order valence-electron chi connectivity index (χ1n) is 27.3. The van der Waals surface area contributed by atoms with Crippen LogP contribution in [-0.4, -0.2) is 35.4 Å². The number of carboxylic acids is 1. The van der Waals surface area contributed by atoms with Crippen molar-refractivity contribution in [3.05, 3.63) is 0 Å². The van der Waals surface area contributed by atoms with Crippen molar-refractivity contribution < 1.29 is 48.3 Å². The van der Waals surface area contributed by atoms with Crippen LogP contribution in [0.25, 0.3) is 0 Å². The first-order valence-corrected chi connectivity index (χ1v) is 28.0. The molecule has 2 N–H and O–H groups in total. The van der Waals surface area contributed by atoms with Crippen molar-refractivity contribution in [3.63, 3.8) is 0 Å². The van der Waals surface area contributed by atoms with E-state index in [0.29, 0.717) is 19.3 Å². The predicted octanol–water partition coefficient (Wildman–Crippen LogP) is 18.5. The third kappa shape index (κ3) is 92.4. The van der Waals surface area contributed by atoms with Crippen LogP contribution in [0.2, 0.25) is 0 Å². The van der Waals surface area contributed by atoms with E-state index in [4.69, 9.17) is 13.5 Å². The summed E-state index contributed by atoms with van der Waals surface area (Å²) in [7, 11) is 0. The van der Waals surface area contributed by atoms with Gasteiger partial charge in [-0.25, -0.2) is 0 Å². The average Bonchev–Trinajstić information content (AvgIpc) is 3.25. The molecule has 0 amide bonds.